The van der Waals surface area contributed by atoms with E-state index in [0.29, 0.717) is 32.2 Å². The minimum absolute atomic E-state index is 0.279. The third-order valence-electron chi connectivity index (χ3n) is 3.50. The van der Waals surface area contributed by atoms with Crippen molar-refractivity contribution in [2.75, 3.05) is 5.32 Å². The fraction of sp³-hybridized carbons (Fsp3) is 0.0588. The minimum atomic E-state index is -1.43. The summed E-state index contributed by atoms with van der Waals surface area (Å²) in [5, 5.41) is 14.0. The Labute approximate surface area is 146 Å². The van der Waals surface area contributed by atoms with Crippen LogP contribution >= 0.6 is 23.2 Å². The van der Waals surface area contributed by atoms with Gasteiger partial charge in [0, 0.05) is 27.7 Å². The maximum Gasteiger partial charge on any atom is 0.257 e. The second-order valence-corrected chi connectivity index (χ2v) is 5.97. The number of halogens is 2. The number of H-pyrrole nitrogens is 1. The van der Waals surface area contributed by atoms with Crippen molar-refractivity contribution in [3.63, 3.8) is 0 Å². The molecule has 0 spiro atoms. The van der Waals surface area contributed by atoms with Crippen LogP contribution < -0.4 is 10.9 Å². The molecule has 0 aliphatic heterocycles. The Morgan fingerprint density at radius 3 is 2.58 bits per heavy atom. The van der Waals surface area contributed by atoms with E-state index < -0.39 is 12.0 Å². The molecule has 0 saturated heterocycles. The lowest BCUT2D eigenvalue weighted by molar-refractivity contribution is -0.124. The van der Waals surface area contributed by atoms with Gasteiger partial charge in [0.2, 0.25) is 5.56 Å². The van der Waals surface area contributed by atoms with Gasteiger partial charge in [-0.15, -0.1) is 0 Å². The molecular weight excluding hydrogens is 351 g/mol. The van der Waals surface area contributed by atoms with Gasteiger partial charge in [-0.25, -0.2) is 0 Å². The number of hydrogen-bond donors (Lipinski definition) is 3. The molecule has 3 aromatic rings. The molecule has 1 atom stereocenters. The van der Waals surface area contributed by atoms with Crippen LogP contribution in [0.5, 0.6) is 0 Å². The number of nitrogens with one attached hydrogen (secondary N) is 2. The number of anilines is 1. The molecule has 1 unspecified atom stereocenters. The van der Waals surface area contributed by atoms with Crippen molar-refractivity contribution in [3.8, 4) is 0 Å². The number of aromatic amines is 1. The van der Waals surface area contributed by atoms with Gasteiger partial charge >= 0.3 is 0 Å². The largest absolute Gasteiger partial charge is 0.378 e. The molecule has 5 nitrogen and oxygen atoms in total. The Kier molecular flexibility index (Phi) is 4.57. The van der Waals surface area contributed by atoms with Gasteiger partial charge in [-0.1, -0.05) is 41.4 Å². The maximum absolute atomic E-state index is 12.2. The van der Waals surface area contributed by atoms with Crippen molar-refractivity contribution >= 4 is 45.7 Å². The number of carbonyl (C=O) groups is 1. The summed E-state index contributed by atoms with van der Waals surface area (Å²) in [6.07, 6.45) is -1.43. The number of hydrogen-bond acceptors (Lipinski definition) is 3. The molecule has 1 aromatic heterocycles. The molecule has 3 N–H and O–H groups in total. The lowest BCUT2D eigenvalue weighted by Crippen LogP contribution is -2.21. The molecule has 0 radical (unpaired) electrons. The van der Waals surface area contributed by atoms with E-state index in [1.807, 2.05) is 0 Å². The third-order valence-corrected chi connectivity index (χ3v) is 4.16. The Hall–Kier alpha value is -2.34. The molecule has 0 saturated carbocycles. The third kappa shape index (κ3) is 3.28. The first-order valence-corrected chi connectivity index (χ1v) is 7.77. The quantitative estimate of drug-likeness (QED) is 0.666. The number of fused-ring (bicyclic) bond motifs is 1. The number of aliphatic hydroxyl groups excluding tert-OH is 1. The SMILES string of the molecule is O=C(Nc1cc(Cl)c2ccc(=O)[nH]c2c1)C(O)c1ccccc1Cl. The molecule has 122 valence electrons. The van der Waals surface area contributed by atoms with E-state index >= 15 is 0 Å². The fourth-order valence-electron chi connectivity index (χ4n) is 2.34. The summed E-state index contributed by atoms with van der Waals surface area (Å²) in [5.41, 5.74) is 0.859. The Bertz CT molecular complexity index is 985. The van der Waals surface area contributed by atoms with E-state index in [9.17, 15) is 14.7 Å². The Morgan fingerprint density at radius 1 is 1.08 bits per heavy atom. The normalized spacial score (nSPS) is 12.1. The number of aliphatic hydroxyl groups is 1. The van der Waals surface area contributed by atoms with Gasteiger partial charge < -0.3 is 15.4 Å². The highest BCUT2D eigenvalue weighted by molar-refractivity contribution is 6.35. The molecule has 7 heteroatoms. The van der Waals surface area contributed by atoms with Crippen molar-refractivity contribution in [3.05, 3.63) is 74.5 Å². The maximum atomic E-state index is 12.2. The monoisotopic (exact) mass is 362 g/mol. The summed E-state index contributed by atoms with van der Waals surface area (Å²) >= 11 is 12.1. The van der Waals surface area contributed by atoms with Crippen molar-refractivity contribution in [1.29, 1.82) is 0 Å². The van der Waals surface area contributed by atoms with Crippen LogP contribution in [0.25, 0.3) is 10.9 Å². The number of aromatic nitrogens is 1. The fourth-order valence-corrected chi connectivity index (χ4v) is 2.87. The van der Waals surface area contributed by atoms with Crippen LogP contribution in [0.1, 0.15) is 11.7 Å². The molecule has 24 heavy (non-hydrogen) atoms. The summed E-state index contributed by atoms with van der Waals surface area (Å²) < 4.78 is 0. The highest BCUT2D eigenvalue weighted by Gasteiger charge is 2.20. The number of rotatable bonds is 3. The Morgan fingerprint density at radius 2 is 1.83 bits per heavy atom. The van der Waals surface area contributed by atoms with E-state index in [-0.39, 0.29) is 5.56 Å². The van der Waals surface area contributed by atoms with Crippen LogP contribution in [-0.4, -0.2) is 16.0 Å². The lowest BCUT2D eigenvalue weighted by atomic mass is 10.1. The van der Waals surface area contributed by atoms with Gasteiger partial charge in [-0.2, -0.15) is 0 Å². The highest BCUT2D eigenvalue weighted by Crippen LogP contribution is 2.28. The van der Waals surface area contributed by atoms with Gasteiger partial charge in [-0.05, 0) is 24.3 Å². The van der Waals surface area contributed by atoms with Gasteiger partial charge in [0.15, 0.2) is 6.10 Å². The average molecular weight is 363 g/mol. The van der Waals surface area contributed by atoms with Gasteiger partial charge in [-0.3, -0.25) is 9.59 Å². The predicted octanol–water partition coefficient (Wildman–Crippen LogP) is 3.51. The molecule has 0 aliphatic carbocycles. The summed E-state index contributed by atoms with van der Waals surface area (Å²) in [7, 11) is 0. The van der Waals surface area contributed by atoms with E-state index in [1.54, 1.807) is 42.5 Å². The molecule has 0 bridgehead atoms. The second-order valence-electron chi connectivity index (χ2n) is 5.16. The number of benzene rings is 2. The molecule has 3 rings (SSSR count). The lowest BCUT2D eigenvalue weighted by Gasteiger charge is -2.14. The van der Waals surface area contributed by atoms with Crippen LogP contribution in [0.2, 0.25) is 10.0 Å². The molecule has 0 fully saturated rings. The van der Waals surface area contributed by atoms with E-state index in [0.717, 1.165) is 0 Å². The average Bonchev–Trinajstić information content (AvgIpc) is 2.54. The highest BCUT2D eigenvalue weighted by atomic mass is 35.5. The standard InChI is InChI=1S/C17H12Cl2N2O3/c18-12-4-2-1-3-11(12)16(23)17(24)20-9-7-13(19)10-5-6-15(22)21-14(10)8-9/h1-8,16,23H,(H,20,24)(H,21,22). The van der Waals surface area contributed by atoms with Crippen LogP contribution in [0.3, 0.4) is 0 Å². The van der Waals surface area contributed by atoms with Gasteiger partial charge in [0.25, 0.3) is 5.91 Å². The van der Waals surface area contributed by atoms with E-state index in [4.69, 9.17) is 23.2 Å². The smallest absolute Gasteiger partial charge is 0.257 e. The van der Waals surface area contributed by atoms with Gasteiger partial charge in [0.1, 0.15) is 0 Å². The zero-order valence-electron chi connectivity index (χ0n) is 12.2. The zero-order valence-corrected chi connectivity index (χ0v) is 13.7. The van der Waals surface area contributed by atoms with Gasteiger partial charge in [0.05, 0.1) is 10.5 Å². The molecule has 1 heterocycles. The predicted molar refractivity (Wildman–Crippen MR) is 94.6 cm³/mol. The first kappa shape index (κ1) is 16.5. The summed E-state index contributed by atoms with van der Waals surface area (Å²) in [4.78, 5) is 26.3. The second kappa shape index (κ2) is 6.65. The first-order chi connectivity index (χ1) is 11.5. The number of amides is 1. The van der Waals surface area contributed by atoms with E-state index in [2.05, 4.69) is 10.3 Å². The summed E-state index contributed by atoms with van der Waals surface area (Å²) in [5.74, 6) is -0.656. The van der Waals surface area contributed by atoms with Crippen LogP contribution in [-0.2, 0) is 4.79 Å². The van der Waals surface area contributed by atoms with Crippen molar-refractivity contribution in [1.82, 2.24) is 4.98 Å². The number of carbonyl (C=O) groups excluding carboxylic acids is 1. The van der Waals surface area contributed by atoms with Crippen molar-refractivity contribution in [2.45, 2.75) is 6.10 Å². The summed E-state index contributed by atoms with van der Waals surface area (Å²) in [6.45, 7) is 0. The molecular formula is C17H12Cl2N2O3. The van der Waals surface area contributed by atoms with E-state index in [1.165, 1.54) is 6.07 Å². The minimum Gasteiger partial charge on any atom is -0.378 e. The molecule has 2 aromatic carbocycles. The molecule has 1 amide bonds. The van der Waals surface area contributed by atoms with Crippen molar-refractivity contribution in [2.24, 2.45) is 0 Å². The number of pyridine rings is 1. The van der Waals surface area contributed by atoms with Crippen LogP contribution in [0.4, 0.5) is 5.69 Å². The topological polar surface area (TPSA) is 82.2 Å². The molecule has 0 aliphatic rings. The Balaban J connectivity index is 1.90. The van der Waals surface area contributed by atoms with Crippen LogP contribution in [0, 0.1) is 0 Å². The zero-order chi connectivity index (χ0) is 17.3. The first-order valence-electron chi connectivity index (χ1n) is 7.01. The van der Waals surface area contributed by atoms with Crippen molar-refractivity contribution < 1.29 is 9.90 Å². The summed E-state index contributed by atoms with van der Waals surface area (Å²) in [6, 6.07) is 12.6. The van der Waals surface area contributed by atoms with Crippen LogP contribution in [0.15, 0.2) is 53.3 Å².